The van der Waals surface area contributed by atoms with Crippen LogP contribution in [0.15, 0.2) is 72.8 Å². The highest BCUT2D eigenvalue weighted by atomic mass is 16.5. The Morgan fingerprint density at radius 1 is 1.03 bits per heavy atom. The van der Waals surface area contributed by atoms with Gasteiger partial charge in [0, 0.05) is 11.8 Å². The number of nitrogens with zero attached hydrogens (tertiary/aromatic N) is 2. The average molecular weight is 400 g/mol. The fraction of sp³-hybridized carbons (Fsp3) is 0.125. The summed E-state index contributed by atoms with van der Waals surface area (Å²) in [5, 5.41) is 11.0. The average Bonchev–Trinajstić information content (AvgIpc) is 2.79. The van der Waals surface area contributed by atoms with Gasteiger partial charge in [0.2, 0.25) is 0 Å². The molecule has 0 saturated carbocycles. The molecule has 3 aromatic rings. The summed E-state index contributed by atoms with van der Waals surface area (Å²) in [6.45, 7) is -0.574. The van der Waals surface area contributed by atoms with Crippen molar-refractivity contribution in [2.24, 2.45) is 0 Å². The predicted octanol–water partition coefficient (Wildman–Crippen LogP) is 3.96. The highest BCUT2D eigenvalue weighted by Gasteiger charge is 2.16. The second-order valence-electron chi connectivity index (χ2n) is 6.39. The fourth-order valence-electron chi connectivity index (χ4n) is 2.90. The number of hydrogen-bond donors (Lipinski definition) is 0. The Morgan fingerprint density at radius 2 is 1.77 bits per heavy atom. The number of benzene rings is 3. The zero-order chi connectivity index (χ0) is 21.3. The predicted molar refractivity (Wildman–Crippen MR) is 115 cm³/mol. The Labute approximate surface area is 174 Å². The first-order valence-corrected chi connectivity index (χ1v) is 9.26. The molecule has 3 rings (SSSR count). The van der Waals surface area contributed by atoms with Crippen molar-refractivity contribution in [2.45, 2.75) is 0 Å². The van der Waals surface area contributed by atoms with E-state index in [2.05, 4.69) is 0 Å². The molecule has 0 aromatic heterocycles. The van der Waals surface area contributed by atoms with Crippen LogP contribution in [-0.2, 0) is 14.3 Å². The third kappa shape index (κ3) is 5.24. The van der Waals surface area contributed by atoms with Gasteiger partial charge in [-0.1, -0.05) is 36.4 Å². The molecule has 6 nitrogen and oxygen atoms in total. The number of carbonyl (C=O) groups excluding carboxylic acids is 2. The minimum atomic E-state index is -0.636. The van der Waals surface area contributed by atoms with Crippen molar-refractivity contribution < 1.29 is 19.1 Å². The lowest BCUT2D eigenvalue weighted by Gasteiger charge is -2.19. The largest absolute Gasteiger partial charge is 0.497 e. The molecule has 0 aliphatic heterocycles. The first kappa shape index (κ1) is 20.6. The third-order valence-electron chi connectivity index (χ3n) is 4.42. The maximum absolute atomic E-state index is 12.4. The van der Waals surface area contributed by atoms with Crippen LogP contribution in [0.25, 0.3) is 16.8 Å². The molecule has 1 amide bonds. The second-order valence-corrected chi connectivity index (χ2v) is 6.39. The van der Waals surface area contributed by atoms with Gasteiger partial charge in [0.1, 0.15) is 12.3 Å². The Morgan fingerprint density at radius 3 is 2.50 bits per heavy atom. The van der Waals surface area contributed by atoms with Crippen LogP contribution in [0.3, 0.4) is 0 Å². The standard InChI is InChI=1S/C24H20N2O4/c1-29-22-11-10-19-15-18(7-9-20(19)16-22)8-12-24(28)30-17-23(27)26(14-13-25)21-5-3-2-4-6-21/h2-12,15-16H,14,17H2,1H3/b12-8+. The van der Waals surface area contributed by atoms with Gasteiger partial charge in [0.25, 0.3) is 5.91 Å². The maximum Gasteiger partial charge on any atom is 0.331 e. The number of methoxy groups -OCH3 is 1. The van der Waals surface area contributed by atoms with Crippen molar-refractivity contribution >= 4 is 34.4 Å². The molecule has 0 atom stereocenters. The third-order valence-corrected chi connectivity index (χ3v) is 4.42. The molecule has 150 valence electrons. The topological polar surface area (TPSA) is 79.6 Å². The minimum absolute atomic E-state index is 0.127. The molecule has 6 heteroatoms. The van der Waals surface area contributed by atoms with Gasteiger partial charge in [-0.15, -0.1) is 0 Å². The molecule has 0 heterocycles. The number of hydrogen-bond acceptors (Lipinski definition) is 5. The molecule has 0 spiro atoms. The number of esters is 1. The highest BCUT2D eigenvalue weighted by molar-refractivity contribution is 5.97. The molecule has 3 aromatic carbocycles. The zero-order valence-corrected chi connectivity index (χ0v) is 16.4. The zero-order valence-electron chi connectivity index (χ0n) is 16.4. The highest BCUT2D eigenvalue weighted by Crippen LogP contribution is 2.22. The smallest absolute Gasteiger partial charge is 0.331 e. The van der Waals surface area contributed by atoms with Crippen LogP contribution in [0.1, 0.15) is 5.56 Å². The van der Waals surface area contributed by atoms with Gasteiger partial charge in [0.05, 0.1) is 13.2 Å². The summed E-state index contributed by atoms with van der Waals surface area (Å²) in [4.78, 5) is 25.7. The summed E-state index contributed by atoms with van der Waals surface area (Å²) < 4.78 is 10.3. The monoisotopic (exact) mass is 400 g/mol. The van der Waals surface area contributed by atoms with E-state index in [1.807, 2.05) is 48.5 Å². The summed E-state index contributed by atoms with van der Waals surface area (Å²) in [7, 11) is 1.62. The van der Waals surface area contributed by atoms with Crippen molar-refractivity contribution in [1.29, 1.82) is 5.26 Å². The maximum atomic E-state index is 12.4. The number of ether oxygens (including phenoxy) is 2. The number of carbonyl (C=O) groups is 2. The number of fused-ring (bicyclic) bond motifs is 1. The lowest BCUT2D eigenvalue weighted by Crippen LogP contribution is -2.34. The van der Waals surface area contributed by atoms with Crippen LogP contribution in [-0.4, -0.2) is 32.1 Å². The molecule has 0 saturated heterocycles. The molecule has 0 aliphatic rings. The van der Waals surface area contributed by atoms with Gasteiger partial charge in [-0.05, 0) is 52.7 Å². The summed E-state index contributed by atoms with van der Waals surface area (Å²) in [5.41, 5.74) is 1.40. The molecule has 0 N–H and O–H groups in total. The van der Waals surface area contributed by atoms with E-state index in [1.54, 1.807) is 37.5 Å². The first-order valence-electron chi connectivity index (χ1n) is 9.26. The van der Waals surface area contributed by atoms with Crippen molar-refractivity contribution in [3.8, 4) is 11.8 Å². The van der Waals surface area contributed by atoms with Crippen molar-refractivity contribution in [2.75, 3.05) is 25.2 Å². The van der Waals surface area contributed by atoms with Crippen molar-refractivity contribution in [1.82, 2.24) is 0 Å². The number of anilines is 1. The summed E-state index contributed by atoms with van der Waals surface area (Å²) in [6, 6.07) is 22.2. The molecule has 0 bridgehead atoms. The van der Waals surface area contributed by atoms with E-state index in [9.17, 15) is 9.59 Å². The van der Waals surface area contributed by atoms with E-state index >= 15 is 0 Å². The van der Waals surface area contributed by atoms with Gasteiger partial charge in [0.15, 0.2) is 6.61 Å². The van der Waals surface area contributed by atoms with Gasteiger partial charge >= 0.3 is 5.97 Å². The van der Waals surface area contributed by atoms with E-state index in [0.717, 1.165) is 22.1 Å². The molecular formula is C24H20N2O4. The van der Waals surface area contributed by atoms with Crippen LogP contribution in [0.4, 0.5) is 5.69 Å². The lowest BCUT2D eigenvalue weighted by molar-refractivity contribution is -0.142. The van der Waals surface area contributed by atoms with Crippen LogP contribution in [0.2, 0.25) is 0 Å². The van der Waals surface area contributed by atoms with Gasteiger partial charge in [-0.2, -0.15) is 5.26 Å². The molecule has 0 fully saturated rings. The summed E-state index contributed by atoms with van der Waals surface area (Å²) in [6.07, 6.45) is 2.90. The van der Waals surface area contributed by atoms with E-state index in [1.165, 1.54) is 11.0 Å². The van der Waals surface area contributed by atoms with E-state index in [-0.39, 0.29) is 6.54 Å². The molecule has 0 unspecified atom stereocenters. The van der Waals surface area contributed by atoms with Crippen molar-refractivity contribution in [3.05, 3.63) is 78.4 Å². The Bertz CT molecular complexity index is 1120. The number of rotatable bonds is 7. The normalized spacial score (nSPS) is 10.5. The SMILES string of the molecule is COc1ccc2cc(/C=C/C(=O)OCC(=O)N(CC#N)c3ccccc3)ccc2c1. The van der Waals surface area contributed by atoms with Gasteiger partial charge < -0.3 is 9.47 Å². The molecule has 30 heavy (non-hydrogen) atoms. The van der Waals surface area contributed by atoms with Crippen LogP contribution in [0.5, 0.6) is 5.75 Å². The van der Waals surface area contributed by atoms with E-state index < -0.39 is 18.5 Å². The Kier molecular flexibility index (Phi) is 6.80. The van der Waals surface area contributed by atoms with Crippen LogP contribution in [0, 0.1) is 11.3 Å². The number of para-hydroxylation sites is 1. The molecule has 0 aliphatic carbocycles. The number of amides is 1. The van der Waals surface area contributed by atoms with Crippen molar-refractivity contribution in [3.63, 3.8) is 0 Å². The fourth-order valence-corrected chi connectivity index (χ4v) is 2.90. The van der Waals surface area contributed by atoms with E-state index in [0.29, 0.717) is 5.69 Å². The first-order chi connectivity index (χ1) is 14.6. The quantitative estimate of drug-likeness (QED) is 0.341. The van der Waals surface area contributed by atoms with Gasteiger partial charge in [-0.25, -0.2) is 4.79 Å². The molecular weight excluding hydrogens is 380 g/mol. The number of nitriles is 1. The van der Waals surface area contributed by atoms with Gasteiger partial charge in [-0.3, -0.25) is 9.69 Å². The molecule has 0 radical (unpaired) electrons. The minimum Gasteiger partial charge on any atom is -0.497 e. The Hall–Kier alpha value is -4.11. The lowest BCUT2D eigenvalue weighted by atomic mass is 10.1. The Balaban J connectivity index is 1.61. The van der Waals surface area contributed by atoms with Crippen LogP contribution >= 0.6 is 0 Å². The second kappa shape index (κ2) is 9.89. The summed E-state index contributed by atoms with van der Waals surface area (Å²) in [5.74, 6) is -0.327. The van der Waals surface area contributed by atoms with E-state index in [4.69, 9.17) is 14.7 Å². The summed E-state index contributed by atoms with van der Waals surface area (Å²) >= 11 is 0. The van der Waals surface area contributed by atoms with Crippen LogP contribution < -0.4 is 9.64 Å².